The Morgan fingerprint density at radius 1 is 1.40 bits per heavy atom. The molecule has 0 radical (unpaired) electrons. The van der Waals surface area contributed by atoms with Crippen molar-refractivity contribution in [2.45, 2.75) is 58.5 Å². The number of unbranched alkanes of at least 4 members (excludes halogenated alkanes) is 1. The molecule has 0 aromatic heterocycles. The maximum absolute atomic E-state index is 12.5. The molecular formula is C20H32N2O3. The molecule has 1 saturated heterocycles. The molecule has 0 saturated carbocycles. The van der Waals surface area contributed by atoms with Crippen molar-refractivity contribution < 1.29 is 14.3 Å². The molecule has 25 heavy (non-hydrogen) atoms. The normalized spacial score (nSPS) is 21.4. The molecule has 1 aromatic rings. The average Bonchev–Trinajstić information content (AvgIpc) is 2.62. The van der Waals surface area contributed by atoms with E-state index in [1.165, 1.54) is 0 Å². The zero-order valence-electron chi connectivity index (χ0n) is 15.9. The minimum atomic E-state index is -0.0590. The van der Waals surface area contributed by atoms with Crippen molar-refractivity contribution >= 4 is 5.91 Å². The van der Waals surface area contributed by atoms with Crippen molar-refractivity contribution in [3.05, 3.63) is 23.8 Å². The molecule has 2 rings (SSSR count). The van der Waals surface area contributed by atoms with E-state index in [9.17, 15) is 4.79 Å². The molecule has 0 bridgehead atoms. The van der Waals surface area contributed by atoms with E-state index in [2.05, 4.69) is 24.5 Å². The van der Waals surface area contributed by atoms with E-state index in [0.29, 0.717) is 18.4 Å². The van der Waals surface area contributed by atoms with Crippen molar-refractivity contribution in [1.82, 2.24) is 10.6 Å². The summed E-state index contributed by atoms with van der Waals surface area (Å²) in [6.45, 7) is 7.87. The topological polar surface area (TPSA) is 59.6 Å². The number of amides is 1. The molecule has 1 aliphatic rings. The van der Waals surface area contributed by atoms with Crippen molar-refractivity contribution in [3.8, 4) is 11.5 Å². The highest BCUT2D eigenvalue weighted by atomic mass is 16.5. The molecule has 1 heterocycles. The number of piperidine rings is 1. The highest BCUT2D eigenvalue weighted by molar-refractivity contribution is 5.79. The quantitative estimate of drug-likeness (QED) is 0.707. The maximum Gasteiger partial charge on any atom is 0.223 e. The fourth-order valence-corrected chi connectivity index (χ4v) is 3.18. The first-order valence-corrected chi connectivity index (χ1v) is 9.39. The predicted octanol–water partition coefficient (Wildman–Crippen LogP) is 3.44. The van der Waals surface area contributed by atoms with Crippen molar-refractivity contribution in [2.24, 2.45) is 5.92 Å². The van der Waals surface area contributed by atoms with Crippen LogP contribution in [-0.4, -0.2) is 32.2 Å². The van der Waals surface area contributed by atoms with E-state index in [-0.39, 0.29) is 17.9 Å². The second-order valence-electron chi connectivity index (χ2n) is 6.92. The van der Waals surface area contributed by atoms with E-state index >= 15 is 0 Å². The van der Waals surface area contributed by atoms with Gasteiger partial charge in [-0.05, 0) is 57.4 Å². The Labute approximate surface area is 151 Å². The van der Waals surface area contributed by atoms with E-state index in [1.807, 2.05) is 25.1 Å². The molecular weight excluding hydrogens is 316 g/mol. The van der Waals surface area contributed by atoms with Crippen LogP contribution in [0.25, 0.3) is 0 Å². The number of methoxy groups -OCH3 is 1. The molecule has 5 heteroatoms. The molecule has 5 nitrogen and oxygen atoms in total. The average molecular weight is 348 g/mol. The van der Waals surface area contributed by atoms with Gasteiger partial charge in [-0.1, -0.05) is 19.4 Å². The Morgan fingerprint density at radius 2 is 2.20 bits per heavy atom. The lowest BCUT2D eigenvalue weighted by atomic mass is 9.92. The number of ether oxygens (including phenoxy) is 2. The van der Waals surface area contributed by atoms with Crippen LogP contribution in [0.5, 0.6) is 11.5 Å². The smallest absolute Gasteiger partial charge is 0.223 e. The summed E-state index contributed by atoms with van der Waals surface area (Å²) in [4.78, 5) is 12.5. The standard InChI is InChI=1S/C20H32N2O3/c1-5-6-11-25-18-8-7-16(13-19(18)24-4)15(3)22-20(23)17-9-10-21-14(2)12-17/h7-8,13-15,17,21H,5-6,9-12H2,1-4H3,(H,22,23)/t14-,15?,17-/m0/s1. The molecule has 0 spiro atoms. The zero-order valence-corrected chi connectivity index (χ0v) is 15.9. The summed E-state index contributed by atoms with van der Waals surface area (Å²) in [6.07, 6.45) is 3.91. The largest absolute Gasteiger partial charge is 0.493 e. The van der Waals surface area contributed by atoms with Crippen molar-refractivity contribution in [3.63, 3.8) is 0 Å². The molecule has 1 unspecified atom stereocenters. The Balaban J connectivity index is 1.98. The number of benzene rings is 1. The number of carbonyl (C=O) groups excluding carboxylic acids is 1. The van der Waals surface area contributed by atoms with Gasteiger partial charge in [-0.25, -0.2) is 0 Å². The fraction of sp³-hybridized carbons (Fsp3) is 0.650. The Hall–Kier alpha value is -1.75. The molecule has 1 fully saturated rings. The van der Waals surface area contributed by atoms with Gasteiger partial charge in [0.15, 0.2) is 11.5 Å². The van der Waals surface area contributed by atoms with Crippen LogP contribution in [0.3, 0.4) is 0 Å². The van der Waals surface area contributed by atoms with Crippen LogP contribution in [0.4, 0.5) is 0 Å². The summed E-state index contributed by atoms with van der Waals surface area (Å²) in [5.41, 5.74) is 1.02. The summed E-state index contributed by atoms with van der Waals surface area (Å²) in [6, 6.07) is 6.23. The molecule has 0 aliphatic carbocycles. The SMILES string of the molecule is CCCCOc1ccc(C(C)NC(=O)[C@H]2CCN[C@@H](C)C2)cc1OC. The first kappa shape index (κ1) is 19.6. The van der Waals surface area contributed by atoms with Gasteiger partial charge in [0.1, 0.15) is 0 Å². The van der Waals surface area contributed by atoms with Gasteiger partial charge in [0.2, 0.25) is 5.91 Å². The van der Waals surface area contributed by atoms with E-state index < -0.39 is 0 Å². The Morgan fingerprint density at radius 3 is 2.88 bits per heavy atom. The van der Waals surface area contributed by atoms with E-state index in [0.717, 1.165) is 43.5 Å². The molecule has 140 valence electrons. The number of rotatable bonds is 8. The number of hydrogen-bond donors (Lipinski definition) is 2. The number of carbonyl (C=O) groups is 1. The number of hydrogen-bond acceptors (Lipinski definition) is 4. The van der Waals surface area contributed by atoms with Gasteiger partial charge in [0, 0.05) is 12.0 Å². The van der Waals surface area contributed by atoms with Gasteiger partial charge in [0.25, 0.3) is 0 Å². The lowest BCUT2D eigenvalue weighted by molar-refractivity contribution is -0.126. The van der Waals surface area contributed by atoms with Gasteiger partial charge < -0.3 is 20.1 Å². The monoisotopic (exact) mass is 348 g/mol. The Bertz CT molecular complexity index is 562. The van der Waals surface area contributed by atoms with E-state index in [1.54, 1.807) is 7.11 Å². The van der Waals surface area contributed by atoms with Gasteiger partial charge in [-0.3, -0.25) is 4.79 Å². The van der Waals surface area contributed by atoms with Crippen molar-refractivity contribution in [2.75, 3.05) is 20.3 Å². The fourth-order valence-electron chi connectivity index (χ4n) is 3.18. The zero-order chi connectivity index (χ0) is 18.2. The second kappa shape index (κ2) is 9.66. The summed E-state index contributed by atoms with van der Waals surface area (Å²) in [5.74, 6) is 1.70. The van der Waals surface area contributed by atoms with Gasteiger partial charge >= 0.3 is 0 Å². The molecule has 1 amide bonds. The summed E-state index contributed by atoms with van der Waals surface area (Å²) < 4.78 is 11.2. The predicted molar refractivity (Wildman–Crippen MR) is 100 cm³/mol. The molecule has 3 atom stereocenters. The van der Waals surface area contributed by atoms with Crippen LogP contribution in [0, 0.1) is 5.92 Å². The lowest BCUT2D eigenvalue weighted by Gasteiger charge is -2.28. The third-order valence-electron chi connectivity index (χ3n) is 4.80. The van der Waals surface area contributed by atoms with Crippen molar-refractivity contribution in [1.29, 1.82) is 0 Å². The van der Waals surface area contributed by atoms with Crippen LogP contribution < -0.4 is 20.1 Å². The molecule has 2 N–H and O–H groups in total. The van der Waals surface area contributed by atoms with Crippen LogP contribution in [0.1, 0.15) is 58.1 Å². The third-order valence-corrected chi connectivity index (χ3v) is 4.80. The van der Waals surface area contributed by atoms with Gasteiger partial charge in [-0.2, -0.15) is 0 Å². The van der Waals surface area contributed by atoms with Gasteiger partial charge in [-0.15, -0.1) is 0 Å². The lowest BCUT2D eigenvalue weighted by Crippen LogP contribution is -2.42. The third kappa shape index (κ3) is 5.63. The van der Waals surface area contributed by atoms with Crippen LogP contribution >= 0.6 is 0 Å². The molecule has 1 aliphatic heterocycles. The minimum absolute atomic E-state index is 0.0590. The highest BCUT2D eigenvalue weighted by Gasteiger charge is 2.25. The van der Waals surface area contributed by atoms with Crippen LogP contribution in [0.2, 0.25) is 0 Å². The maximum atomic E-state index is 12.5. The van der Waals surface area contributed by atoms with Crippen LogP contribution in [-0.2, 0) is 4.79 Å². The first-order valence-electron chi connectivity index (χ1n) is 9.39. The summed E-state index contributed by atoms with van der Waals surface area (Å²) in [7, 11) is 1.64. The van der Waals surface area contributed by atoms with Gasteiger partial charge in [0.05, 0.1) is 19.8 Å². The molecule has 1 aromatic carbocycles. The second-order valence-corrected chi connectivity index (χ2v) is 6.92. The minimum Gasteiger partial charge on any atom is -0.493 e. The van der Waals surface area contributed by atoms with Crippen LogP contribution in [0.15, 0.2) is 18.2 Å². The Kier molecular flexibility index (Phi) is 7.56. The number of nitrogens with one attached hydrogen (secondary N) is 2. The van der Waals surface area contributed by atoms with E-state index in [4.69, 9.17) is 9.47 Å². The highest BCUT2D eigenvalue weighted by Crippen LogP contribution is 2.30. The summed E-state index contributed by atoms with van der Waals surface area (Å²) in [5, 5.41) is 6.53. The first-order chi connectivity index (χ1) is 12.0. The summed E-state index contributed by atoms with van der Waals surface area (Å²) >= 11 is 0.